The molecule has 0 aliphatic rings. The highest BCUT2D eigenvalue weighted by Gasteiger charge is 2.25. The predicted molar refractivity (Wildman–Crippen MR) is 74.7 cm³/mol. The topological polar surface area (TPSA) is 70.2 Å². The van der Waals surface area contributed by atoms with Gasteiger partial charge in [-0.2, -0.15) is 4.31 Å². The monoisotopic (exact) mass is 316 g/mol. The average molecular weight is 316 g/mol. The number of thiazole rings is 1. The van der Waals surface area contributed by atoms with Gasteiger partial charge < -0.3 is 4.98 Å². The smallest absolute Gasteiger partial charge is 0.305 e. The van der Waals surface area contributed by atoms with Gasteiger partial charge >= 0.3 is 4.87 Å². The van der Waals surface area contributed by atoms with Gasteiger partial charge in [-0.15, -0.1) is 0 Å². The Morgan fingerprint density at radius 3 is 2.65 bits per heavy atom. The van der Waals surface area contributed by atoms with Crippen molar-refractivity contribution in [2.45, 2.75) is 17.7 Å². The van der Waals surface area contributed by atoms with Crippen molar-refractivity contribution in [2.75, 3.05) is 7.05 Å². The van der Waals surface area contributed by atoms with Crippen LogP contribution < -0.4 is 4.87 Å². The van der Waals surface area contributed by atoms with Gasteiger partial charge in [0.2, 0.25) is 0 Å². The number of nitrogens with one attached hydrogen (secondary N) is 1. The molecule has 108 valence electrons. The molecule has 0 saturated carbocycles. The van der Waals surface area contributed by atoms with E-state index >= 15 is 0 Å². The van der Waals surface area contributed by atoms with Gasteiger partial charge in [0, 0.05) is 19.3 Å². The Morgan fingerprint density at radius 2 is 2.10 bits per heavy atom. The van der Waals surface area contributed by atoms with Crippen molar-refractivity contribution >= 4 is 21.4 Å². The molecule has 20 heavy (non-hydrogen) atoms. The molecule has 0 fully saturated rings. The first kappa shape index (κ1) is 14.9. The third-order valence-corrected chi connectivity index (χ3v) is 6.11. The van der Waals surface area contributed by atoms with Crippen molar-refractivity contribution in [3.05, 3.63) is 51.0 Å². The normalized spacial score (nSPS) is 12.0. The van der Waals surface area contributed by atoms with Crippen LogP contribution >= 0.6 is 11.3 Å². The summed E-state index contributed by atoms with van der Waals surface area (Å²) in [5.74, 6) is -0.421. The number of hydrogen-bond donors (Lipinski definition) is 1. The standard InChI is InChI=1S/C12H13FN2O3S2/c1-8-11(19-12(16)14-8)20(17,18)15(2)7-9-4-3-5-10(13)6-9/h3-6H,7H2,1-2H3,(H,14,16). The highest BCUT2D eigenvalue weighted by molar-refractivity contribution is 7.91. The molecular formula is C12H13FN2O3S2. The lowest BCUT2D eigenvalue weighted by Crippen LogP contribution is -2.26. The number of rotatable bonds is 4. The van der Waals surface area contributed by atoms with E-state index in [4.69, 9.17) is 0 Å². The second kappa shape index (κ2) is 5.47. The van der Waals surface area contributed by atoms with Crippen LogP contribution in [0.5, 0.6) is 0 Å². The van der Waals surface area contributed by atoms with Crippen LogP contribution in [-0.2, 0) is 16.6 Å². The molecule has 0 amide bonds. The lowest BCUT2D eigenvalue weighted by Gasteiger charge is -2.16. The van der Waals surface area contributed by atoms with Crippen molar-refractivity contribution in [3.63, 3.8) is 0 Å². The third kappa shape index (κ3) is 2.97. The molecular weight excluding hydrogens is 303 g/mol. The van der Waals surface area contributed by atoms with E-state index in [1.54, 1.807) is 6.07 Å². The maximum Gasteiger partial charge on any atom is 0.305 e. The van der Waals surface area contributed by atoms with Crippen molar-refractivity contribution in [1.82, 2.24) is 9.29 Å². The maximum absolute atomic E-state index is 13.1. The van der Waals surface area contributed by atoms with Gasteiger partial charge in [-0.1, -0.05) is 23.5 Å². The molecule has 0 unspecified atom stereocenters. The third-order valence-electron chi connectivity index (χ3n) is 2.72. The van der Waals surface area contributed by atoms with Crippen LogP contribution in [0, 0.1) is 12.7 Å². The van der Waals surface area contributed by atoms with E-state index < -0.39 is 20.7 Å². The number of aromatic amines is 1. The zero-order valence-electron chi connectivity index (χ0n) is 10.9. The Labute approximate surface area is 119 Å². The van der Waals surface area contributed by atoms with E-state index in [1.165, 1.54) is 32.2 Å². The largest absolute Gasteiger partial charge is 0.315 e. The molecule has 1 aromatic carbocycles. The summed E-state index contributed by atoms with van der Waals surface area (Å²) in [5.41, 5.74) is 0.850. The zero-order chi connectivity index (χ0) is 14.9. The zero-order valence-corrected chi connectivity index (χ0v) is 12.5. The van der Waals surface area contributed by atoms with Gasteiger partial charge in [-0.05, 0) is 24.6 Å². The summed E-state index contributed by atoms with van der Waals surface area (Å²) in [6.07, 6.45) is 0. The number of hydrogen-bond acceptors (Lipinski definition) is 4. The maximum atomic E-state index is 13.1. The summed E-state index contributed by atoms with van der Waals surface area (Å²) in [5, 5.41) is 0. The van der Waals surface area contributed by atoms with Gasteiger partial charge in [-0.25, -0.2) is 12.8 Å². The number of H-pyrrole nitrogens is 1. The molecule has 0 aliphatic carbocycles. The van der Waals surface area contributed by atoms with E-state index in [1.807, 2.05) is 0 Å². The minimum Gasteiger partial charge on any atom is -0.315 e. The SMILES string of the molecule is Cc1[nH]c(=O)sc1S(=O)(=O)N(C)Cc1cccc(F)c1. The van der Waals surface area contributed by atoms with E-state index in [-0.39, 0.29) is 10.8 Å². The van der Waals surface area contributed by atoms with Crippen LogP contribution in [-0.4, -0.2) is 24.8 Å². The molecule has 1 heterocycles. The number of sulfonamides is 1. The summed E-state index contributed by atoms with van der Waals surface area (Å²) in [6, 6.07) is 5.73. The molecule has 0 radical (unpaired) electrons. The number of aryl methyl sites for hydroxylation is 1. The number of halogens is 1. The fourth-order valence-corrected chi connectivity index (χ4v) is 4.40. The van der Waals surface area contributed by atoms with E-state index in [0.29, 0.717) is 22.6 Å². The highest BCUT2D eigenvalue weighted by Crippen LogP contribution is 2.21. The second-order valence-electron chi connectivity index (χ2n) is 4.32. The van der Waals surface area contributed by atoms with Crippen LogP contribution in [0.25, 0.3) is 0 Å². The first-order valence-electron chi connectivity index (χ1n) is 5.71. The summed E-state index contributed by atoms with van der Waals surface area (Å²) in [7, 11) is -2.37. The lowest BCUT2D eigenvalue weighted by atomic mass is 10.2. The molecule has 8 heteroatoms. The Kier molecular flexibility index (Phi) is 4.07. The minimum absolute atomic E-state index is 0.0126. The number of benzene rings is 1. The second-order valence-corrected chi connectivity index (χ2v) is 7.54. The van der Waals surface area contributed by atoms with Crippen molar-refractivity contribution < 1.29 is 12.8 Å². The van der Waals surface area contributed by atoms with Gasteiger partial charge in [0.15, 0.2) is 4.21 Å². The molecule has 0 atom stereocenters. The molecule has 0 saturated heterocycles. The van der Waals surface area contributed by atoms with Gasteiger partial charge in [0.05, 0.1) is 0 Å². The van der Waals surface area contributed by atoms with Crippen LogP contribution in [0.2, 0.25) is 0 Å². The highest BCUT2D eigenvalue weighted by atomic mass is 32.2. The summed E-state index contributed by atoms with van der Waals surface area (Å²) in [4.78, 5) is 13.2. The quantitative estimate of drug-likeness (QED) is 0.933. The van der Waals surface area contributed by atoms with Crippen molar-refractivity contribution in [1.29, 1.82) is 0 Å². The summed E-state index contributed by atoms with van der Waals surface area (Å²) < 4.78 is 38.8. The van der Waals surface area contributed by atoms with Crippen molar-refractivity contribution in [3.8, 4) is 0 Å². The summed E-state index contributed by atoms with van der Waals surface area (Å²) >= 11 is 0.649. The number of aromatic nitrogens is 1. The first-order chi connectivity index (χ1) is 9.30. The van der Waals surface area contributed by atoms with Crippen molar-refractivity contribution in [2.24, 2.45) is 0 Å². The minimum atomic E-state index is -3.76. The fourth-order valence-electron chi connectivity index (χ4n) is 1.76. The van der Waals surface area contributed by atoms with Gasteiger partial charge in [0.25, 0.3) is 10.0 Å². The predicted octanol–water partition coefficient (Wildman–Crippen LogP) is 1.70. The molecule has 5 nitrogen and oxygen atoms in total. The molecule has 2 rings (SSSR count). The molecule has 0 aliphatic heterocycles. The van der Waals surface area contributed by atoms with Gasteiger partial charge in [0.1, 0.15) is 5.82 Å². The van der Waals surface area contributed by atoms with Crippen LogP contribution in [0.1, 0.15) is 11.3 Å². The van der Waals surface area contributed by atoms with E-state index in [0.717, 1.165) is 4.31 Å². The van der Waals surface area contributed by atoms with E-state index in [2.05, 4.69) is 4.98 Å². The fraction of sp³-hybridized carbons (Fsp3) is 0.250. The Hall–Kier alpha value is -1.51. The van der Waals surface area contributed by atoms with Crippen LogP contribution in [0.15, 0.2) is 33.3 Å². The van der Waals surface area contributed by atoms with Crippen LogP contribution in [0.3, 0.4) is 0 Å². The summed E-state index contributed by atoms with van der Waals surface area (Å²) in [6.45, 7) is 1.56. The average Bonchev–Trinajstić information content (AvgIpc) is 2.69. The molecule has 0 spiro atoms. The first-order valence-corrected chi connectivity index (χ1v) is 7.97. The Bertz CT molecular complexity index is 780. The molecule has 1 N–H and O–H groups in total. The lowest BCUT2D eigenvalue weighted by molar-refractivity contribution is 0.466. The van der Waals surface area contributed by atoms with Gasteiger partial charge in [-0.3, -0.25) is 4.79 Å². The molecule has 0 bridgehead atoms. The Morgan fingerprint density at radius 1 is 1.40 bits per heavy atom. The van der Waals surface area contributed by atoms with Crippen LogP contribution in [0.4, 0.5) is 4.39 Å². The molecule has 1 aromatic heterocycles. The Balaban J connectivity index is 2.30. The van der Waals surface area contributed by atoms with E-state index in [9.17, 15) is 17.6 Å². The molecule has 2 aromatic rings. The number of nitrogens with zero attached hydrogens (tertiary/aromatic N) is 1.